The van der Waals surface area contributed by atoms with Crippen molar-refractivity contribution in [2.45, 2.75) is 0 Å². The first-order valence-electron chi connectivity index (χ1n) is 8.64. The zero-order valence-corrected chi connectivity index (χ0v) is 16.9. The molecule has 1 saturated heterocycles. The highest BCUT2D eigenvalue weighted by molar-refractivity contribution is 6.49. The summed E-state index contributed by atoms with van der Waals surface area (Å²) in [6, 6.07) is 11.6. The van der Waals surface area contributed by atoms with Gasteiger partial charge in [-0.05, 0) is 24.3 Å². The van der Waals surface area contributed by atoms with Gasteiger partial charge in [-0.2, -0.15) is 0 Å². The highest BCUT2D eigenvalue weighted by Gasteiger charge is 2.43. The summed E-state index contributed by atoms with van der Waals surface area (Å²) >= 11 is 18.7. The van der Waals surface area contributed by atoms with E-state index in [1.807, 2.05) is 4.90 Å². The van der Waals surface area contributed by atoms with E-state index < -0.39 is 11.8 Å². The molecule has 2 aromatic carbocycles. The van der Waals surface area contributed by atoms with Crippen LogP contribution in [-0.4, -0.2) is 43.0 Å². The van der Waals surface area contributed by atoms with E-state index in [9.17, 15) is 9.59 Å². The first-order chi connectivity index (χ1) is 13.5. The summed E-state index contributed by atoms with van der Waals surface area (Å²) in [7, 11) is 0. The van der Waals surface area contributed by atoms with Gasteiger partial charge in [0.15, 0.2) is 0 Å². The summed E-state index contributed by atoms with van der Waals surface area (Å²) in [5.74, 6) is -0.898. The van der Waals surface area contributed by atoms with Crippen LogP contribution in [0, 0.1) is 0 Å². The summed E-state index contributed by atoms with van der Waals surface area (Å²) in [4.78, 5) is 29.7. The van der Waals surface area contributed by atoms with E-state index >= 15 is 0 Å². The number of nitrogens with zero attached hydrogens (tertiary/aromatic N) is 2. The fraction of sp³-hybridized carbons (Fsp3) is 0.200. The van der Waals surface area contributed by atoms with Crippen molar-refractivity contribution >= 4 is 57.9 Å². The van der Waals surface area contributed by atoms with Crippen LogP contribution in [0.1, 0.15) is 5.56 Å². The van der Waals surface area contributed by atoms with E-state index in [-0.39, 0.29) is 5.57 Å². The fourth-order valence-corrected chi connectivity index (χ4v) is 4.11. The fourth-order valence-electron chi connectivity index (χ4n) is 3.39. The molecule has 0 aliphatic carbocycles. The molecule has 5 nitrogen and oxygen atoms in total. The second kappa shape index (κ2) is 7.76. The molecular weight excluding hydrogens is 423 g/mol. The predicted molar refractivity (Wildman–Crippen MR) is 110 cm³/mol. The standard InChI is InChI=1S/C20H15Cl3N2O3/c21-12-5-6-13(15(23)11-12)17-18(24-7-9-28-10-8-24)20(27)25(19(17)26)16-4-2-1-3-14(16)22/h1-6,11H,7-10H2. The Labute approximate surface area is 177 Å². The number of anilines is 1. The maximum atomic E-state index is 13.4. The molecule has 0 radical (unpaired) electrons. The number of para-hydroxylation sites is 1. The van der Waals surface area contributed by atoms with Gasteiger partial charge in [-0.25, -0.2) is 4.90 Å². The van der Waals surface area contributed by atoms with Gasteiger partial charge in [0.1, 0.15) is 5.70 Å². The van der Waals surface area contributed by atoms with E-state index in [1.54, 1.807) is 42.5 Å². The average molecular weight is 438 g/mol. The lowest BCUT2D eigenvalue weighted by Gasteiger charge is -2.29. The maximum absolute atomic E-state index is 13.4. The lowest BCUT2D eigenvalue weighted by Crippen LogP contribution is -2.40. The molecule has 0 spiro atoms. The Hall–Kier alpha value is -2.05. The molecule has 0 bridgehead atoms. The van der Waals surface area contributed by atoms with Gasteiger partial charge in [-0.3, -0.25) is 9.59 Å². The molecule has 2 amide bonds. The summed E-state index contributed by atoms with van der Waals surface area (Å²) < 4.78 is 5.39. The molecule has 0 saturated carbocycles. The van der Waals surface area contributed by atoms with Crippen molar-refractivity contribution in [3.05, 3.63) is 68.8 Å². The molecule has 8 heteroatoms. The number of benzene rings is 2. The summed E-state index contributed by atoms with van der Waals surface area (Å²) in [5.41, 5.74) is 1.34. The Bertz CT molecular complexity index is 1000. The zero-order valence-electron chi connectivity index (χ0n) is 14.6. The van der Waals surface area contributed by atoms with E-state index in [0.717, 1.165) is 4.90 Å². The third kappa shape index (κ3) is 3.29. The number of amides is 2. The number of ether oxygens (including phenoxy) is 1. The van der Waals surface area contributed by atoms with E-state index in [4.69, 9.17) is 39.5 Å². The van der Waals surface area contributed by atoms with Gasteiger partial charge in [0, 0.05) is 23.7 Å². The molecule has 2 heterocycles. The number of carbonyl (C=O) groups is 2. The van der Waals surface area contributed by atoms with Crippen molar-refractivity contribution in [2.24, 2.45) is 0 Å². The monoisotopic (exact) mass is 436 g/mol. The van der Waals surface area contributed by atoms with Crippen molar-refractivity contribution in [1.82, 2.24) is 4.90 Å². The average Bonchev–Trinajstić information content (AvgIpc) is 2.93. The van der Waals surface area contributed by atoms with Gasteiger partial charge in [-0.15, -0.1) is 0 Å². The number of halogens is 3. The van der Waals surface area contributed by atoms with Crippen LogP contribution >= 0.6 is 34.8 Å². The second-order valence-electron chi connectivity index (χ2n) is 6.34. The molecule has 4 rings (SSSR count). The number of carbonyl (C=O) groups excluding carboxylic acids is 2. The quantitative estimate of drug-likeness (QED) is 0.673. The number of rotatable bonds is 3. The van der Waals surface area contributed by atoms with Crippen LogP contribution in [0.2, 0.25) is 15.1 Å². The van der Waals surface area contributed by atoms with E-state index in [2.05, 4.69) is 0 Å². The smallest absolute Gasteiger partial charge is 0.282 e. The third-order valence-corrected chi connectivity index (χ3v) is 5.55. The predicted octanol–water partition coefficient (Wildman–Crippen LogP) is 4.26. The first-order valence-corrected chi connectivity index (χ1v) is 9.78. The highest BCUT2D eigenvalue weighted by atomic mass is 35.5. The molecule has 144 valence electrons. The molecule has 2 aliphatic rings. The lowest BCUT2D eigenvalue weighted by molar-refractivity contribution is -0.121. The molecule has 0 atom stereocenters. The largest absolute Gasteiger partial charge is 0.378 e. The number of morpholine rings is 1. The molecule has 0 N–H and O–H groups in total. The van der Waals surface area contributed by atoms with Gasteiger partial charge in [0.2, 0.25) is 0 Å². The number of imide groups is 1. The molecular formula is C20H15Cl3N2O3. The SMILES string of the molecule is O=C1C(c2ccc(Cl)cc2Cl)=C(N2CCOCC2)C(=O)N1c1ccccc1Cl. The first kappa shape index (κ1) is 19.3. The van der Waals surface area contributed by atoms with Crippen LogP contribution in [0.4, 0.5) is 5.69 Å². The summed E-state index contributed by atoms with van der Waals surface area (Å²) in [6.45, 7) is 1.94. The van der Waals surface area contributed by atoms with E-state index in [0.29, 0.717) is 58.3 Å². The Morgan fingerprint density at radius 1 is 0.857 bits per heavy atom. The topological polar surface area (TPSA) is 49.9 Å². The Morgan fingerprint density at radius 2 is 1.57 bits per heavy atom. The third-order valence-electron chi connectivity index (χ3n) is 4.68. The zero-order chi connectivity index (χ0) is 19.8. The summed E-state index contributed by atoms with van der Waals surface area (Å²) in [6.07, 6.45) is 0. The van der Waals surface area contributed by atoms with Crippen LogP contribution in [0.3, 0.4) is 0 Å². The minimum Gasteiger partial charge on any atom is -0.378 e. The van der Waals surface area contributed by atoms with E-state index in [1.165, 1.54) is 0 Å². The minimum absolute atomic E-state index is 0.244. The number of hydrogen-bond acceptors (Lipinski definition) is 4. The maximum Gasteiger partial charge on any atom is 0.282 e. The van der Waals surface area contributed by atoms with Crippen molar-refractivity contribution in [3.8, 4) is 0 Å². The molecule has 0 aromatic heterocycles. The van der Waals surface area contributed by atoms with Crippen LogP contribution in [-0.2, 0) is 14.3 Å². The Balaban J connectivity index is 1.88. The van der Waals surface area contributed by atoms with Crippen molar-refractivity contribution < 1.29 is 14.3 Å². The highest BCUT2D eigenvalue weighted by Crippen LogP contribution is 2.40. The second-order valence-corrected chi connectivity index (χ2v) is 7.60. The van der Waals surface area contributed by atoms with Gasteiger partial charge < -0.3 is 9.64 Å². The van der Waals surface area contributed by atoms with Crippen molar-refractivity contribution in [2.75, 3.05) is 31.2 Å². The van der Waals surface area contributed by atoms with Crippen LogP contribution in [0.25, 0.3) is 5.57 Å². The van der Waals surface area contributed by atoms with Crippen LogP contribution < -0.4 is 4.90 Å². The van der Waals surface area contributed by atoms with Crippen LogP contribution in [0.15, 0.2) is 48.2 Å². The molecule has 0 unspecified atom stereocenters. The van der Waals surface area contributed by atoms with Gasteiger partial charge in [-0.1, -0.05) is 53.0 Å². The lowest BCUT2D eigenvalue weighted by atomic mass is 10.0. The van der Waals surface area contributed by atoms with Crippen molar-refractivity contribution in [1.29, 1.82) is 0 Å². The molecule has 28 heavy (non-hydrogen) atoms. The van der Waals surface area contributed by atoms with Gasteiger partial charge >= 0.3 is 0 Å². The van der Waals surface area contributed by atoms with Crippen molar-refractivity contribution in [3.63, 3.8) is 0 Å². The molecule has 2 aliphatic heterocycles. The Morgan fingerprint density at radius 3 is 2.25 bits per heavy atom. The molecule has 1 fully saturated rings. The molecule has 2 aromatic rings. The van der Waals surface area contributed by atoms with Crippen LogP contribution in [0.5, 0.6) is 0 Å². The Kier molecular flexibility index (Phi) is 5.34. The number of hydrogen-bond donors (Lipinski definition) is 0. The minimum atomic E-state index is -0.469. The normalized spacial score (nSPS) is 17.7. The summed E-state index contributed by atoms with van der Waals surface area (Å²) in [5, 5.41) is 1.06. The van der Waals surface area contributed by atoms with Gasteiger partial charge in [0.05, 0.1) is 34.5 Å². The van der Waals surface area contributed by atoms with Gasteiger partial charge in [0.25, 0.3) is 11.8 Å².